The number of hydrogen-bond donors (Lipinski definition) is 2. The summed E-state index contributed by atoms with van der Waals surface area (Å²) in [6, 6.07) is 5.83. The van der Waals surface area contributed by atoms with E-state index in [1.165, 1.54) is 0 Å². The number of likely N-dealkylation sites (N-methyl/N-ethyl adjacent to an activating group) is 1. The first-order chi connectivity index (χ1) is 9.42. The van der Waals surface area contributed by atoms with Crippen molar-refractivity contribution < 1.29 is 0 Å². The molecule has 1 aromatic rings. The lowest BCUT2D eigenvalue weighted by molar-refractivity contribution is 0.0882. The lowest BCUT2D eigenvalue weighted by Crippen LogP contribution is -2.61. The molecule has 0 spiro atoms. The third kappa shape index (κ3) is 3.46. The lowest BCUT2D eigenvalue weighted by atomic mass is 9.80. The third-order valence-corrected chi connectivity index (χ3v) is 5.28. The summed E-state index contributed by atoms with van der Waals surface area (Å²) < 4.78 is 0. The van der Waals surface area contributed by atoms with Gasteiger partial charge in [0.2, 0.25) is 0 Å². The highest BCUT2D eigenvalue weighted by molar-refractivity contribution is 6.42. The Hall–Kier alpha value is -0.320. The van der Waals surface area contributed by atoms with Gasteiger partial charge in [-0.05, 0) is 45.0 Å². The Kier molecular flexibility index (Phi) is 6.76. The van der Waals surface area contributed by atoms with Crippen LogP contribution in [0.4, 0.5) is 0 Å². The zero-order chi connectivity index (χ0) is 15.3. The summed E-state index contributed by atoms with van der Waals surface area (Å²) in [5, 5.41) is 1.21. The Morgan fingerprint density at radius 2 is 1.85 bits per heavy atom. The van der Waals surface area contributed by atoms with Gasteiger partial charge in [0.15, 0.2) is 0 Å². The van der Waals surface area contributed by atoms with E-state index in [1.807, 2.05) is 12.1 Å². The van der Waals surface area contributed by atoms with E-state index in [1.54, 1.807) is 6.07 Å². The number of halogens is 2. The fourth-order valence-electron chi connectivity index (χ4n) is 3.02. The number of benzene rings is 1. The van der Waals surface area contributed by atoms with Crippen LogP contribution in [0, 0.1) is 0 Å². The lowest BCUT2D eigenvalue weighted by Gasteiger charge is -2.45. The zero-order valence-corrected chi connectivity index (χ0v) is 14.2. The van der Waals surface area contributed by atoms with E-state index < -0.39 is 0 Å². The molecule has 114 valence electrons. The minimum atomic E-state index is -0.0135. The quantitative estimate of drug-likeness (QED) is 0.597. The van der Waals surface area contributed by atoms with Crippen LogP contribution in [-0.4, -0.2) is 30.6 Å². The normalized spacial score (nSPS) is 13.8. The van der Waals surface area contributed by atoms with Crippen LogP contribution in [0.1, 0.15) is 32.3 Å². The predicted octanol–water partition coefficient (Wildman–Crippen LogP) is 3.49. The molecule has 0 heterocycles. The minimum Gasteiger partial charge on any atom is -0.302 e. The van der Waals surface area contributed by atoms with Crippen LogP contribution < -0.4 is 11.3 Å². The summed E-state index contributed by atoms with van der Waals surface area (Å²) in [5.41, 5.74) is 3.99. The highest BCUT2D eigenvalue weighted by atomic mass is 35.5. The molecular formula is C15H25Cl2N3. The SMILES string of the molecule is CCC(CC)(C(Cc1cccc(Cl)c1Cl)NN)N(C)C. The molecule has 20 heavy (non-hydrogen) atoms. The Balaban J connectivity index is 3.10. The summed E-state index contributed by atoms with van der Waals surface area (Å²) in [4.78, 5) is 2.25. The van der Waals surface area contributed by atoms with Gasteiger partial charge in [-0.15, -0.1) is 0 Å². The molecule has 1 rings (SSSR count). The first kappa shape index (κ1) is 17.7. The Bertz CT molecular complexity index is 431. The Morgan fingerprint density at radius 3 is 2.30 bits per heavy atom. The largest absolute Gasteiger partial charge is 0.302 e. The van der Waals surface area contributed by atoms with Crippen molar-refractivity contribution in [2.75, 3.05) is 14.1 Å². The number of rotatable bonds is 7. The summed E-state index contributed by atoms with van der Waals surface area (Å²) in [7, 11) is 4.19. The number of hydrogen-bond acceptors (Lipinski definition) is 3. The van der Waals surface area contributed by atoms with Crippen LogP contribution in [0.3, 0.4) is 0 Å². The molecule has 0 amide bonds. The van der Waals surface area contributed by atoms with Gasteiger partial charge in [0, 0.05) is 11.6 Å². The molecule has 0 aromatic heterocycles. The fraction of sp³-hybridized carbons (Fsp3) is 0.600. The van der Waals surface area contributed by atoms with E-state index in [4.69, 9.17) is 29.0 Å². The highest BCUT2D eigenvalue weighted by Gasteiger charge is 2.37. The number of nitrogens with zero attached hydrogens (tertiary/aromatic N) is 1. The molecule has 1 aromatic carbocycles. The predicted molar refractivity (Wildman–Crippen MR) is 88.3 cm³/mol. The second kappa shape index (κ2) is 7.62. The second-order valence-corrected chi connectivity index (χ2v) is 6.13. The van der Waals surface area contributed by atoms with E-state index in [9.17, 15) is 0 Å². The molecule has 5 heteroatoms. The fourth-order valence-corrected chi connectivity index (χ4v) is 3.41. The molecule has 3 N–H and O–H groups in total. The molecule has 1 atom stereocenters. The van der Waals surface area contributed by atoms with E-state index in [2.05, 4.69) is 38.3 Å². The van der Waals surface area contributed by atoms with Gasteiger partial charge in [0.25, 0.3) is 0 Å². The van der Waals surface area contributed by atoms with Crippen LogP contribution in [0.2, 0.25) is 10.0 Å². The van der Waals surface area contributed by atoms with Gasteiger partial charge in [0.05, 0.1) is 10.0 Å². The first-order valence-corrected chi connectivity index (χ1v) is 7.75. The number of nitrogens with two attached hydrogens (primary N) is 1. The molecule has 0 saturated heterocycles. The monoisotopic (exact) mass is 317 g/mol. The maximum atomic E-state index is 6.30. The van der Waals surface area contributed by atoms with Gasteiger partial charge in [0.1, 0.15) is 0 Å². The van der Waals surface area contributed by atoms with E-state index >= 15 is 0 Å². The molecule has 3 nitrogen and oxygen atoms in total. The van der Waals surface area contributed by atoms with Crippen LogP contribution in [0.5, 0.6) is 0 Å². The first-order valence-electron chi connectivity index (χ1n) is 6.99. The van der Waals surface area contributed by atoms with Crippen molar-refractivity contribution in [3.05, 3.63) is 33.8 Å². The average Bonchev–Trinajstić information content (AvgIpc) is 2.43. The molecule has 1 unspecified atom stereocenters. The van der Waals surface area contributed by atoms with Crippen molar-refractivity contribution in [1.82, 2.24) is 10.3 Å². The van der Waals surface area contributed by atoms with Gasteiger partial charge in [-0.2, -0.15) is 0 Å². The summed E-state index contributed by atoms with van der Waals surface area (Å²) in [6.45, 7) is 4.38. The van der Waals surface area contributed by atoms with Crippen molar-refractivity contribution in [3.8, 4) is 0 Å². The van der Waals surface area contributed by atoms with E-state index in [0.29, 0.717) is 10.0 Å². The van der Waals surface area contributed by atoms with Crippen molar-refractivity contribution in [1.29, 1.82) is 0 Å². The van der Waals surface area contributed by atoms with Crippen LogP contribution in [0.25, 0.3) is 0 Å². The summed E-state index contributed by atoms with van der Waals surface area (Å²) in [6.07, 6.45) is 2.75. The number of hydrazine groups is 1. The van der Waals surface area contributed by atoms with Gasteiger partial charge in [-0.25, -0.2) is 0 Å². The van der Waals surface area contributed by atoms with Crippen molar-refractivity contribution in [2.45, 2.75) is 44.7 Å². The van der Waals surface area contributed by atoms with Crippen molar-refractivity contribution in [3.63, 3.8) is 0 Å². The van der Waals surface area contributed by atoms with Gasteiger partial charge in [-0.3, -0.25) is 11.3 Å². The molecule has 0 aliphatic heterocycles. The van der Waals surface area contributed by atoms with Gasteiger partial charge in [-0.1, -0.05) is 49.2 Å². The number of nitrogens with one attached hydrogen (secondary N) is 1. The van der Waals surface area contributed by atoms with Gasteiger partial charge >= 0.3 is 0 Å². The molecule has 0 fully saturated rings. The van der Waals surface area contributed by atoms with Crippen LogP contribution >= 0.6 is 23.2 Å². The molecule has 0 saturated carbocycles. The highest BCUT2D eigenvalue weighted by Crippen LogP contribution is 2.31. The Labute approximate surface area is 132 Å². The van der Waals surface area contributed by atoms with E-state index in [0.717, 1.165) is 24.8 Å². The molecular weight excluding hydrogens is 293 g/mol. The topological polar surface area (TPSA) is 41.3 Å². The maximum Gasteiger partial charge on any atom is 0.0624 e. The zero-order valence-electron chi connectivity index (χ0n) is 12.7. The molecule has 0 aliphatic carbocycles. The van der Waals surface area contributed by atoms with Crippen LogP contribution in [0.15, 0.2) is 18.2 Å². The van der Waals surface area contributed by atoms with Crippen molar-refractivity contribution in [2.24, 2.45) is 5.84 Å². The van der Waals surface area contributed by atoms with Gasteiger partial charge < -0.3 is 4.90 Å². The second-order valence-electron chi connectivity index (χ2n) is 5.34. The van der Waals surface area contributed by atoms with Crippen LogP contribution in [-0.2, 0) is 6.42 Å². The standard InChI is InChI=1S/C15H25Cl2N3/c1-5-15(6-2,20(3)4)13(19-18)10-11-8-7-9-12(16)14(11)17/h7-9,13,19H,5-6,10,18H2,1-4H3. The summed E-state index contributed by atoms with van der Waals surface area (Å²) in [5.74, 6) is 5.83. The minimum absolute atomic E-state index is 0.0135. The van der Waals surface area contributed by atoms with E-state index in [-0.39, 0.29) is 11.6 Å². The Morgan fingerprint density at radius 1 is 1.25 bits per heavy atom. The van der Waals surface area contributed by atoms with Crippen molar-refractivity contribution >= 4 is 23.2 Å². The smallest absolute Gasteiger partial charge is 0.0624 e. The third-order valence-electron chi connectivity index (χ3n) is 4.42. The molecule has 0 radical (unpaired) electrons. The maximum absolute atomic E-state index is 6.30. The average molecular weight is 318 g/mol. The molecule has 0 bridgehead atoms. The molecule has 0 aliphatic rings. The summed E-state index contributed by atoms with van der Waals surface area (Å²) >= 11 is 12.4.